The Morgan fingerprint density at radius 1 is 1.28 bits per heavy atom. The second kappa shape index (κ2) is 6.20. The average Bonchev–Trinajstić information content (AvgIpc) is 2.79. The highest BCUT2D eigenvalue weighted by Gasteiger charge is 2.05. The highest BCUT2D eigenvalue weighted by molar-refractivity contribution is 8.00. The minimum absolute atomic E-state index is 0.885. The Morgan fingerprint density at radius 3 is 2.89 bits per heavy atom. The first-order valence-electron chi connectivity index (χ1n) is 5.95. The topological polar surface area (TPSA) is 37.8 Å². The molecule has 0 bridgehead atoms. The van der Waals surface area contributed by atoms with Crippen molar-refractivity contribution in [1.82, 2.24) is 10.2 Å². The van der Waals surface area contributed by atoms with E-state index < -0.39 is 0 Å². The van der Waals surface area contributed by atoms with Crippen molar-refractivity contribution in [3.05, 3.63) is 34.9 Å². The molecule has 0 aliphatic rings. The molecule has 1 aromatic carbocycles. The summed E-state index contributed by atoms with van der Waals surface area (Å²) in [5, 5.41) is 12.3. The third kappa shape index (κ3) is 3.46. The minimum atomic E-state index is 0.885. The van der Waals surface area contributed by atoms with Gasteiger partial charge < -0.3 is 5.32 Å². The summed E-state index contributed by atoms with van der Waals surface area (Å²) in [7, 11) is 0. The first-order valence-corrected chi connectivity index (χ1v) is 7.75. The SMILES string of the molecule is CCNc1nnc(SCc2cc(C)ccc2C)s1. The van der Waals surface area contributed by atoms with E-state index >= 15 is 0 Å². The lowest BCUT2D eigenvalue weighted by atomic mass is 10.1. The van der Waals surface area contributed by atoms with Gasteiger partial charge in [0.05, 0.1) is 0 Å². The van der Waals surface area contributed by atoms with Crippen LogP contribution in [0.1, 0.15) is 23.6 Å². The summed E-state index contributed by atoms with van der Waals surface area (Å²) in [5.41, 5.74) is 4.02. The van der Waals surface area contributed by atoms with Crippen LogP contribution >= 0.6 is 23.1 Å². The number of nitrogens with one attached hydrogen (secondary N) is 1. The van der Waals surface area contributed by atoms with Crippen LogP contribution in [-0.2, 0) is 5.75 Å². The van der Waals surface area contributed by atoms with Crippen LogP contribution in [0.4, 0.5) is 5.13 Å². The van der Waals surface area contributed by atoms with E-state index in [4.69, 9.17) is 0 Å². The van der Waals surface area contributed by atoms with Crippen molar-refractivity contribution >= 4 is 28.2 Å². The van der Waals surface area contributed by atoms with Gasteiger partial charge in [-0.05, 0) is 31.9 Å². The van der Waals surface area contributed by atoms with Crippen molar-refractivity contribution in [2.75, 3.05) is 11.9 Å². The largest absolute Gasteiger partial charge is 0.360 e. The second-order valence-electron chi connectivity index (χ2n) is 4.12. The maximum atomic E-state index is 4.17. The van der Waals surface area contributed by atoms with E-state index in [-0.39, 0.29) is 0 Å². The lowest BCUT2D eigenvalue weighted by Gasteiger charge is -2.05. The molecule has 0 spiro atoms. The maximum Gasteiger partial charge on any atom is 0.206 e. The molecule has 0 unspecified atom stereocenters. The van der Waals surface area contributed by atoms with Gasteiger partial charge in [-0.25, -0.2) is 0 Å². The van der Waals surface area contributed by atoms with Crippen molar-refractivity contribution in [2.45, 2.75) is 30.9 Å². The summed E-state index contributed by atoms with van der Waals surface area (Å²) in [4.78, 5) is 0. The normalized spacial score (nSPS) is 10.6. The molecule has 96 valence electrons. The summed E-state index contributed by atoms with van der Waals surface area (Å²) in [6, 6.07) is 6.57. The van der Waals surface area contributed by atoms with Gasteiger partial charge in [0.15, 0.2) is 4.34 Å². The van der Waals surface area contributed by atoms with Crippen LogP contribution in [0.5, 0.6) is 0 Å². The molecular weight excluding hydrogens is 262 g/mol. The fraction of sp³-hybridized carbons (Fsp3) is 0.385. The van der Waals surface area contributed by atoms with E-state index in [9.17, 15) is 0 Å². The summed E-state index contributed by atoms with van der Waals surface area (Å²) in [6.45, 7) is 7.22. The number of benzene rings is 1. The van der Waals surface area contributed by atoms with Gasteiger partial charge in [-0.3, -0.25) is 0 Å². The Balaban J connectivity index is 1.99. The molecule has 0 amide bonds. The summed E-state index contributed by atoms with van der Waals surface area (Å²) < 4.78 is 1.02. The van der Waals surface area contributed by atoms with E-state index in [0.29, 0.717) is 0 Å². The summed E-state index contributed by atoms with van der Waals surface area (Å²) in [6.07, 6.45) is 0. The molecule has 3 nitrogen and oxygen atoms in total. The molecule has 1 aromatic heterocycles. The number of thioether (sulfide) groups is 1. The Labute approximate surface area is 116 Å². The molecular formula is C13H17N3S2. The van der Waals surface area contributed by atoms with Crippen LogP contribution in [0, 0.1) is 13.8 Å². The maximum absolute atomic E-state index is 4.17. The van der Waals surface area contributed by atoms with Gasteiger partial charge >= 0.3 is 0 Å². The third-order valence-corrected chi connectivity index (χ3v) is 4.65. The van der Waals surface area contributed by atoms with Crippen LogP contribution in [0.15, 0.2) is 22.5 Å². The number of hydrogen-bond acceptors (Lipinski definition) is 5. The zero-order valence-electron chi connectivity index (χ0n) is 10.9. The van der Waals surface area contributed by atoms with Gasteiger partial charge in [-0.15, -0.1) is 10.2 Å². The molecule has 0 saturated heterocycles. The Morgan fingerprint density at radius 2 is 2.11 bits per heavy atom. The van der Waals surface area contributed by atoms with Gasteiger partial charge in [0.2, 0.25) is 5.13 Å². The van der Waals surface area contributed by atoms with Crippen LogP contribution in [0.25, 0.3) is 0 Å². The Kier molecular flexibility index (Phi) is 4.60. The van der Waals surface area contributed by atoms with Gasteiger partial charge in [-0.2, -0.15) is 0 Å². The highest BCUT2D eigenvalue weighted by Crippen LogP contribution is 2.29. The van der Waals surface area contributed by atoms with Crippen LogP contribution < -0.4 is 5.32 Å². The van der Waals surface area contributed by atoms with Crippen LogP contribution in [0.2, 0.25) is 0 Å². The van der Waals surface area contributed by atoms with Crippen molar-refractivity contribution in [2.24, 2.45) is 0 Å². The van der Waals surface area contributed by atoms with Crippen LogP contribution in [-0.4, -0.2) is 16.7 Å². The van der Waals surface area contributed by atoms with Crippen molar-refractivity contribution in [1.29, 1.82) is 0 Å². The fourth-order valence-corrected chi connectivity index (χ4v) is 3.47. The monoisotopic (exact) mass is 279 g/mol. The standard InChI is InChI=1S/C13H17N3S2/c1-4-14-12-15-16-13(18-12)17-8-11-7-9(2)5-6-10(11)3/h5-7H,4,8H2,1-3H3,(H,14,15). The van der Waals surface area contributed by atoms with Gasteiger partial charge in [0.1, 0.15) is 0 Å². The molecule has 0 fully saturated rings. The number of aromatic nitrogens is 2. The fourth-order valence-electron chi connectivity index (χ4n) is 1.59. The van der Waals surface area contributed by atoms with E-state index in [1.165, 1.54) is 16.7 Å². The zero-order valence-corrected chi connectivity index (χ0v) is 12.5. The molecule has 0 radical (unpaired) electrons. The van der Waals surface area contributed by atoms with E-state index in [1.807, 2.05) is 0 Å². The molecule has 2 aromatic rings. The van der Waals surface area contributed by atoms with Crippen molar-refractivity contribution < 1.29 is 0 Å². The first-order chi connectivity index (χ1) is 8.69. The summed E-state index contributed by atoms with van der Waals surface area (Å²) >= 11 is 3.36. The molecule has 0 atom stereocenters. The number of rotatable bonds is 5. The van der Waals surface area contributed by atoms with Crippen molar-refractivity contribution in [3.8, 4) is 0 Å². The van der Waals surface area contributed by atoms with E-state index in [2.05, 4.69) is 54.5 Å². The van der Waals surface area contributed by atoms with Gasteiger partial charge in [-0.1, -0.05) is 46.9 Å². The zero-order chi connectivity index (χ0) is 13.0. The molecule has 5 heteroatoms. The quantitative estimate of drug-likeness (QED) is 0.843. The average molecular weight is 279 g/mol. The van der Waals surface area contributed by atoms with E-state index in [0.717, 1.165) is 21.8 Å². The molecule has 2 rings (SSSR count). The molecule has 0 saturated carbocycles. The highest BCUT2D eigenvalue weighted by atomic mass is 32.2. The lowest BCUT2D eigenvalue weighted by molar-refractivity contribution is 1.00. The molecule has 1 heterocycles. The number of nitrogens with zero attached hydrogens (tertiary/aromatic N) is 2. The van der Waals surface area contributed by atoms with Gasteiger partial charge in [0.25, 0.3) is 0 Å². The van der Waals surface area contributed by atoms with E-state index in [1.54, 1.807) is 23.1 Å². The van der Waals surface area contributed by atoms with Crippen molar-refractivity contribution in [3.63, 3.8) is 0 Å². The van der Waals surface area contributed by atoms with Crippen LogP contribution in [0.3, 0.4) is 0 Å². The Bertz CT molecular complexity index is 523. The number of aryl methyl sites for hydroxylation is 2. The molecule has 0 aliphatic heterocycles. The molecule has 0 aliphatic carbocycles. The predicted octanol–water partition coefficient (Wildman–Crippen LogP) is 3.88. The molecule has 18 heavy (non-hydrogen) atoms. The molecule has 1 N–H and O–H groups in total. The number of anilines is 1. The number of hydrogen-bond donors (Lipinski definition) is 1. The smallest absolute Gasteiger partial charge is 0.206 e. The van der Waals surface area contributed by atoms with Gasteiger partial charge in [0, 0.05) is 12.3 Å². The predicted molar refractivity (Wildman–Crippen MR) is 79.5 cm³/mol. The third-order valence-electron chi connectivity index (χ3n) is 2.59. The first kappa shape index (κ1) is 13.4. The second-order valence-corrected chi connectivity index (χ2v) is 6.32. The minimum Gasteiger partial charge on any atom is -0.360 e. The Hall–Kier alpha value is -1.07. The summed E-state index contributed by atoms with van der Waals surface area (Å²) in [5.74, 6) is 0.953. The lowest BCUT2D eigenvalue weighted by Crippen LogP contribution is -1.94.